The van der Waals surface area contributed by atoms with Crippen LogP contribution >= 0.6 is 27.3 Å². The Balaban J connectivity index is 2.16. The van der Waals surface area contributed by atoms with Crippen molar-refractivity contribution < 1.29 is 18.6 Å². The minimum Gasteiger partial charge on any atom is -0.393 e. The summed E-state index contributed by atoms with van der Waals surface area (Å²) in [4.78, 5) is 1.06. The van der Waals surface area contributed by atoms with Crippen molar-refractivity contribution in [2.45, 2.75) is 25.4 Å². The maximum atomic E-state index is 11.7. The molecular formula is C10H13BrF2O2S. The van der Waals surface area contributed by atoms with Crippen LogP contribution in [0.15, 0.2) is 15.9 Å². The van der Waals surface area contributed by atoms with Gasteiger partial charge in [-0.25, -0.2) is 8.78 Å². The molecule has 0 radical (unpaired) electrons. The van der Waals surface area contributed by atoms with Gasteiger partial charge >= 0.3 is 0 Å². The zero-order valence-electron chi connectivity index (χ0n) is 8.54. The molecule has 0 fully saturated rings. The van der Waals surface area contributed by atoms with Gasteiger partial charge in [-0.15, -0.1) is 11.3 Å². The summed E-state index contributed by atoms with van der Waals surface area (Å²) in [6.07, 6.45) is -2.09. The number of hydrogen-bond acceptors (Lipinski definition) is 3. The van der Waals surface area contributed by atoms with Crippen LogP contribution in [0.1, 0.15) is 11.3 Å². The van der Waals surface area contributed by atoms with E-state index in [4.69, 9.17) is 4.74 Å². The smallest absolute Gasteiger partial charge is 0.261 e. The van der Waals surface area contributed by atoms with Crippen molar-refractivity contribution >= 4 is 27.3 Å². The Bertz CT molecular complexity index is 307. The first kappa shape index (κ1) is 14.0. The molecule has 0 saturated heterocycles. The zero-order chi connectivity index (χ0) is 12.0. The highest BCUT2D eigenvalue weighted by molar-refractivity contribution is 9.10. The third kappa shape index (κ3) is 5.34. The summed E-state index contributed by atoms with van der Waals surface area (Å²) < 4.78 is 29.1. The van der Waals surface area contributed by atoms with E-state index < -0.39 is 19.1 Å². The number of aliphatic hydroxyl groups excluding tert-OH is 1. The van der Waals surface area contributed by atoms with Crippen LogP contribution in [0.3, 0.4) is 0 Å². The molecule has 0 spiro atoms. The lowest BCUT2D eigenvalue weighted by molar-refractivity contribution is 0.00518. The lowest BCUT2D eigenvalue weighted by Crippen LogP contribution is -2.15. The van der Waals surface area contributed by atoms with Gasteiger partial charge in [0.15, 0.2) is 0 Å². The van der Waals surface area contributed by atoms with Gasteiger partial charge in [0, 0.05) is 22.4 Å². The average Bonchev–Trinajstić information content (AvgIpc) is 2.59. The fraction of sp³-hybridized carbons (Fsp3) is 0.600. The molecule has 0 aliphatic heterocycles. The maximum Gasteiger partial charge on any atom is 0.261 e. The van der Waals surface area contributed by atoms with Crippen molar-refractivity contribution in [3.8, 4) is 0 Å². The summed E-state index contributed by atoms with van der Waals surface area (Å²) in [5, 5.41) is 11.6. The van der Waals surface area contributed by atoms with Crippen molar-refractivity contribution in [1.82, 2.24) is 0 Å². The molecule has 1 unspecified atom stereocenters. The van der Waals surface area contributed by atoms with E-state index in [1.165, 1.54) is 0 Å². The standard InChI is InChI=1S/C10H13BrF2O2S/c11-8-2-4-16-9(8)5-7(14)1-3-15-6-10(12)13/h2,4,7,10,14H,1,3,5-6H2. The molecule has 92 valence electrons. The molecule has 2 nitrogen and oxygen atoms in total. The van der Waals surface area contributed by atoms with E-state index in [-0.39, 0.29) is 6.61 Å². The predicted molar refractivity (Wildman–Crippen MR) is 63.2 cm³/mol. The SMILES string of the molecule is OC(CCOCC(F)F)Cc1sccc1Br. The van der Waals surface area contributed by atoms with Crippen molar-refractivity contribution in [1.29, 1.82) is 0 Å². The van der Waals surface area contributed by atoms with E-state index in [0.717, 1.165) is 9.35 Å². The molecule has 16 heavy (non-hydrogen) atoms. The van der Waals surface area contributed by atoms with Crippen molar-refractivity contribution in [2.75, 3.05) is 13.2 Å². The monoisotopic (exact) mass is 314 g/mol. The molecule has 0 aliphatic rings. The molecule has 1 aromatic heterocycles. The molecule has 1 aromatic rings. The quantitative estimate of drug-likeness (QED) is 0.784. The van der Waals surface area contributed by atoms with E-state index in [0.29, 0.717) is 12.8 Å². The van der Waals surface area contributed by atoms with Crippen LogP contribution in [0.5, 0.6) is 0 Å². The zero-order valence-corrected chi connectivity index (χ0v) is 10.9. The Kier molecular flexibility index (Phi) is 6.41. The highest BCUT2D eigenvalue weighted by Gasteiger charge is 2.10. The Labute approximate surface area is 105 Å². The second kappa shape index (κ2) is 7.32. The van der Waals surface area contributed by atoms with Gasteiger partial charge in [-0.05, 0) is 33.8 Å². The van der Waals surface area contributed by atoms with Gasteiger partial charge in [-0.1, -0.05) is 0 Å². The van der Waals surface area contributed by atoms with Crippen molar-refractivity contribution in [2.24, 2.45) is 0 Å². The van der Waals surface area contributed by atoms with Gasteiger partial charge in [-0.3, -0.25) is 0 Å². The van der Waals surface area contributed by atoms with E-state index in [1.807, 2.05) is 11.4 Å². The molecule has 1 rings (SSSR count). The van der Waals surface area contributed by atoms with Gasteiger partial charge in [0.25, 0.3) is 6.43 Å². The largest absolute Gasteiger partial charge is 0.393 e. The highest BCUT2D eigenvalue weighted by Crippen LogP contribution is 2.24. The van der Waals surface area contributed by atoms with Crippen LogP contribution in [0.4, 0.5) is 8.78 Å². The lowest BCUT2D eigenvalue weighted by atomic mass is 10.2. The number of alkyl halides is 2. The molecular weight excluding hydrogens is 302 g/mol. The summed E-state index contributed by atoms with van der Waals surface area (Å²) in [6.45, 7) is -0.399. The molecule has 0 aromatic carbocycles. The van der Waals surface area contributed by atoms with Gasteiger partial charge in [0.2, 0.25) is 0 Å². The number of halogens is 3. The van der Waals surface area contributed by atoms with E-state index in [9.17, 15) is 13.9 Å². The molecule has 0 saturated carbocycles. The first-order valence-electron chi connectivity index (χ1n) is 4.85. The number of ether oxygens (including phenoxy) is 1. The molecule has 0 amide bonds. The molecule has 0 aliphatic carbocycles. The fourth-order valence-electron chi connectivity index (χ4n) is 1.18. The van der Waals surface area contributed by atoms with Gasteiger partial charge in [-0.2, -0.15) is 0 Å². The third-order valence-electron chi connectivity index (χ3n) is 1.95. The molecule has 1 N–H and O–H groups in total. The molecule has 1 atom stereocenters. The summed E-state index contributed by atoms with van der Waals surface area (Å²) >= 11 is 4.92. The van der Waals surface area contributed by atoms with E-state index >= 15 is 0 Å². The van der Waals surface area contributed by atoms with E-state index in [1.54, 1.807) is 11.3 Å². The fourth-order valence-corrected chi connectivity index (χ4v) is 2.77. The second-order valence-electron chi connectivity index (χ2n) is 3.30. The van der Waals surface area contributed by atoms with Crippen LogP contribution in [-0.2, 0) is 11.2 Å². The summed E-state index contributed by atoms with van der Waals surface area (Å²) in [5.74, 6) is 0. The minimum absolute atomic E-state index is 0.161. The van der Waals surface area contributed by atoms with Crippen molar-refractivity contribution in [3.63, 3.8) is 0 Å². The molecule has 0 bridgehead atoms. The van der Waals surface area contributed by atoms with Crippen molar-refractivity contribution in [3.05, 3.63) is 20.8 Å². The Morgan fingerprint density at radius 3 is 2.81 bits per heavy atom. The number of thiophene rings is 1. The van der Waals surface area contributed by atoms with Gasteiger partial charge in [0.05, 0.1) is 6.10 Å². The highest BCUT2D eigenvalue weighted by atomic mass is 79.9. The molecule has 6 heteroatoms. The summed E-state index contributed by atoms with van der Waals surface area (Å²) in [6, 6.07) is 1.92. The van der Waals surface area contributed by atoms with Gasteiger partial charge < -0.3 is 9.84 Å². The van der Waals surface area contributed by atoms with Crippen LogP contribution in [0.25, 0.3) is 0 Å². The maximum absolute atomic E-state index is 11.7. The van der Waals surface area contributed by atoms with Crippen LogP contribution in [0, 0.1) is 0 Å². The normalized spacial score (nSPS) is 13.3. The van der Waals surface area contributed by atoms with Crippen LogP contribution < -0.4 is 0 Å². The summed E-state index contributed by atoms with van der Waals surface area (Å²) in [7, 11) is 0. The Morgan fingerprint density at radius 1 is 1.50 bits per heavy atom. The van der Waals surface area contributed by atoms with Crippen LogP contribution in [0.2, 0.25) is 0 Å². The van der Waals surface area contributed by atoms with E-state index in [2.05, 4.69) is 15.9 Å². The van der Waals surface area contributed by atoms with Gasteiger partial charge in [0.1, 0.15) is 6.61 Å². The lowest BCUT2D eigenvalue weighted by Gasteiger charge is -2.10. The third-order valence-corrected chi connectivity index (χ3v) is 3.90. The van der Waals surface area contributed by atoms with Crippen LogP contribution in [-0.4, -0.2) is 30.8 Å². The average molecular weight is 315 g/mol. The number of aliphatic hydroxyl groups is 1. The first-order chi connectivity index (χ1) is 7.59. The predicted octanol–water partition coefficient (Wildman–Crippen LogP) is 3.09. The summed E-state index contributed by atoms with van der Waals surface area (Å²) in [5.41, 5.74) is 0. The molecule has 1 heterocycles. The second-order valence-corrected chi connectivity index (χ2v) is 5.16. The topological polar surface area (TPSA) is 29.5 Å². The minimum atomic E-state index is -2.44. The number of hydrogen-bond donors (Lipinski definition) is 1. The Morgan fingerprint density at radius 2 is 2.25 bits per heavy atom. The Hall–Kier alpha value is -0.0400. The number of rotatable bonds is 7. The first-order valence-corrected chi connectivity index (χ1v) is 6.52.